The fourth-order valence-corrected chi connectivity index (χ4v) is 3.34. The summed E-state index contributed by atoms with van der Waals surface area (Å²) in [6, 6.07) is 14.3. The summed E-state index contributed by atoms with van der Waals surface area (Å²) in [7, 11) is 0. The maximum atomic E-state index is 12.3. The molecule has 1 aliphatic heterocycles. The zero-order valence-corrected chi connectivity index (χ0v) is 14.1. The summed E-state index contributed by atoms with van der Waals surface area (Å²) in [5.74, 6) is 1.96. The molecule has 1 N–H and O–H groups in total. The Bertz CT molecular complexity index is 633. The maximum Gasteiger partial charge on any atom is 0.287 e. The molecule has 0 saturated carbocycles. The normalized spacial score (nSPS) is 15.6. The number of carbonyl (C=O) groups is 1. The lowest BCUT2D eigenvalue weighted by atomic mass is 10.0. The molecule has 2 aromatic rings. The van der Waals surface area contributed by atoms with Gasteiger partial charge in [0.2, 0.25) is 0 Å². The Morgan fingerprint density at radius 2 is 1.96 bits per heavy atom. The van der Waals surface area contributed by atoms with E-state index >= 15 is 0 Å². The molecule has 1 amide bonds. The van der Waals surface area contributed by atoms with Gasteiger partial charge in [-0.25, -0.2) is 0 Å². The predicted molar refractivity (Wildman–Crippen MR) is 95.1 cm³/mol. The van der Waals surface area contributed by atoms with Crippen molar-refractivity contribution in [2.24, 2.45) is 0 Å². The predicted octanol–water partition coefficient (Wildman–Crippen LogP) is 3.54. The van der Waals surface area contributed by atoms with Gasteiger partial charge in [0.25, 0.3) is 5.91 Å². The third-order valence-corrected chi connectivity index (χ3v) is 4.70. The smallest absolute Gasteiger partial charge is 0.287 e. The second kappa shape index (κ2) is 7.59. The van der Waals surface area contributed by atoms with E-state index in [2.05, 4.69) is 34.5 Å². The molecule has 0 radical (unpaired) electrons. The molecule has 0 unspecified atom stereocenters. The first-order valence-corrected chi connectivity index (χ1v) is 9.34. The Balaban J connectivity index is 1.51. The Kier molecular flexibility index (Phi) is 5.28. The molecule has 3 rings (SSSR count). The average molecular weight is 330 g/mol. The summed E-state index contributed by atoms with van der Waals surface area (Å²) >= 11 is 1.68. The molecule has 0 bridgehead atoms. The molecule has 0 aliphatic carbocycles. The van der Waals surface area contributed by atoms with Gasteiger partial charge < -0.3 is 14.6 Å². The lowest BCUT2D eigenvalue weighted by Gasteiger charge is -2.33. The highest BCUT2D eigenvalue weighted by molar-refractivity contribution is 7.97. The minimum atomic E-state index is -0.101. The van der Waals surface area contributed by atoms with Gasteiger partial charge in [-0.3, -0.25) is 4.79 Å². The largest absolute Gasteiger partial charge is 0.455 e. The van der Waals surface area contributed by atoms with E-state index in [1.54, 1.807) is 17.8 Å². The van der Waals surface area contributed by atoms with Gasteiger partial charge in [-0.15, -0.1) is 0 Å². The fraction of sp³-hybridized carbons (Fsp3) is 0.389. The van der Waals surface area contributed by atoms with Crippen molar-refractivity contribution in [1.82, 2.24) is 5.32 Å². The van der Waals surface area contributed by atoms with Crippen LogP contribution in [0.4, 0.5) is 5.69 Å². The van der Waals surface area contributed by atoms with Crippen LogP contribution in [0.5, 0.6) is 0 Å². The molecule has 1 fully saturated rings. The van der Waals surface area contributed by atoms with Crippen molar-refractivity contribution in [3.63, 3.8) is 0 Å². The SMILES string of the molecule is CSCc1ccc(C(=O)NC2CCN(c3ccccc3)CC2)o1. The van der Waals surface area contributed by atoms with E-state index < -0.39 is 0 Å². The summed E-state index contributed by atoms with van der Waals surface area (Å²) in [4.78, 5) is 14.6. The minimum absolute atomic E-state index is 0.101. The van der Waals surface area contributed by atoms with Crippen LogP contribution in [0.25, 0.3) is 0 Å². The molecule has 1 aromatic carbocycles. The van der Waals surface area contributed by atoms with E-state index in [0.29, 0.717) is 5.76 Å². The van der Waals surface area contributed by atoms with Gasteiger partial charge in [0.05, 0.1) is 5.75 Å². The van der Waals surface area contributed by atoms with Crippen molar-refractivity contribution in [3.05, 3.63) is 54.0 Å². The van der Waals surface area contributed by atoms with Crippen LogP contribution in [0.15, 0.2) is 46.9 Å². The molecule has 23 heavy (non-hydrogen) atoms. The number of hydrogen-bond acceptors (Lipinski definition) is 4. The molecule has 0 atom stereocenters. The number of furan rings is 1. The number of thioether (sulfide) groups is 1. The Hall–Kier alpha value is -1.88. The minimum Gasteiger partial charge on any atom is -0.455 e. The first-order chi connectivity index (χ1) is 11.3. The topological polar surface area (TPSA) is 45.5 Å². The Labute approximate surface area is 141 Å². The molecule has 5 heteroatoms. The van der Waals surface area contributed by atoms with E-state index in [1.807, 2.05) is 18.4 Å². The summed E-state index contributed by atoms with van der Waals surface area (Å²) in [5.41, 5.74) is 1.25. The number of rotatable bonds is 5. The van der Waals surface area contributed by atoms with Crippen molar-refractivity contribution in [2.75, 3.05) is 24.2 Å². The fourth-order valence-electron chi connectivity index (χ4n) is 2.90. The number of hydrogen-bond donors (Lipinski definition) is 1. The van der Waals surface area contributed by atoms with Gasteiger partial charge in [-0.05, 0) is 43.4 Å². The standard InChI is InChI=1S/C18H22N2O2S/c1-23-13-16-7-8-17(22-16)18(21)19-14-9-11-20(12-10-14)15-5-3-2-4-6-15/h2-8,14H,9-13H2,1H3,(H,19,21). The highest BCUT2D eigenvalue weighted by Crippen LogP contribution is 2.20. The number of nitrogens with one attached hydrogen (secondary N) is 1. The third kappa shape index (κ3) is 4.10. The van der Waals surface area contributed by atoms with Crippen LogP contribution in [0, 0.1) is 0 Å². The van der Waals surface area contributed by atoms with Crippen molar-refractivity contribution in [2.45, 2.75) is 24.6 Å². The van der Waals surface area contributed by atoms with Crippen molar-refractivity contribution < 1.29 is 9.21 Å². The van der Waals surface area contributed by atoms with Crippen LogP contribution in [-0.4, -0.2) is 31.3 Å². The van der Waals surface area contributed by atoms with Gasteiger partial charge in [0, 0.05) is 24.8 Å². The summed E-state index contributed by atoms with van der Waals surface area (Å²) in [6.07, 6.45) is 3.93. The average Bonchev–Trinajstić information content (AvgIpc) is 3.06. The van der Waals surface area contributed by atoms with E-state index in [0.717, 1.165) is 37.4 Å². The van der Waals surface area contributed by atoms with E-state index in [4.69, 9.17) is 4.42 Å². The van der Waals surface area contributed by atoms with Crippen molar-refractivity contribution in [1.29, 1.82) is 0 Å². The number of piperidine rings is 1. The third-order valence-electron chi connectivity index (χ3n) is 4.12. The monoisotopic (exact) mass is 330 g/mol. The second-order valence-corrected chi connectivity index (χ2v) is 6.64. The number of nitrogens with zero attached hydrogens (tertiary/aromatic N) is 1. The molecule has 2 heterocycles. The lowest BCUT2D eigenvalue weighted by molar-refractivity contribution is 0.0901. The molecule has 1 aromatic heterocycles. The first kappa shape index (κ1) is 16.0. The molecule has 1 aliphatic rings. The zero-order chi connectivity index (χ0) is 16.1. The van der Waals surface area contributed by atoms with Crippen LogP contribution in [0.2, 0.25) is 0 Å². The zero-order valence-electron chi connectivity index (χ0n) is 13.3. The molecular weight excluding hydrogens is 308 g/mol. The van der Waals surface area contributed by atoms with Gasteiger partial charge in [-0.1, -0.05) is 18.2 Å². The number of para-hydroxylation sites is 1. The molecule has 4 nitrogen and oxygen atoms in total. The summed E-state index contributed by atoms with van der Waals surface area (Å²) in [5, 5.41) is 3.10. The van der Waals surface area contributed by atoms with E-state index in [-0.39, 0.29) is 11.9 Å². The Morgan fingerprint density at radius 1 is 1.22 bits per heavy atom. The van der Waals surface area contributed by atoms with Crippen LogP contribution in [-0.2, 0) is 5.75 Å². The van der Waals surface area contributed by atoms with Gasteiger partial charge in [-0.2, -0.15) is 11.8 Å². The van der Waals surface area contributed by atoms with Gasteiger partial charge in [0.15, 0.2) is 5.76 Å². The highest BCUT2D eigenvalue weighted by Gasteiger charge is 2.22. The molecular formula is C18H22N2O2S. The number of amides is 1. The van der Waals surface area contributed by atoms with Crippen LogP contribution >= 0.6 is 11.8 Å². The van der Waals surface area contributed by atoms with Crippen molar-refractivity contribution in [3.8, 4) is 0 Å². The van der Waals surface area contributed by atoms with Crippen molar-refractivity contribution >= 4 is 23.4 Å². The maximum absolute atomic E-state index is 12.3. The quantitative estimate of drug-likeness (QED) is 0.911. The lowest BCUT2D eigenvalue weighted by Crippen LogP contribution is -2.44. The second-order valence-electron chi connectivity index (χ2n) is 5.77. The molecule has 1 saturated heterocycles. The van der Waals surface area contributed by atoms with Gasteiger partial charge >= 0.3 is 0 Å². The molecule has 0 spiro atoms. The number of anilines is 1. The highest BCUT2D eigenvalue weighted by atomic mass is 32.2. The first-order valence-electron chi connectivity index (χ1n) is 7.95. The van der Waals surface area contributed by atoms with Crippen LogP contribution < -0.4 is 10.2 Å². The number of carbonyl (C=O) groups excluding carboxylic acids is 1. The van der Waals surface area contributed by atoms with Crippen LogP contribution in [0.1, 0.15) is 29.2 Å². The van der Waals surface area contributed by atoms with Crippen LogP contribution in [0.3, 0.4) is 0 Å². The van der Waals surface area contributed by atoms with E-state index in [9.17, 15) is 4.79 Å². The molecule has 122 valence electrons. The summed E-state index contributed by atoms with van der Waals surface area (Å²) in [6.45, 7) is 1.93. The summed E-state index contributed by atoms with van der Waals surface area (Å²) < 4.78 is 5.57. The van der Waals surface area contributed by atoms with Gasteiger partial charge in [0.1, 0.15) is 5.76 Å². The number of benzene rings is 1. The Morgan fingerprint density at radius 3 is 2.65 bits per heavy atom. The van der Waals surface area contributed by atoms with E-state index in [1.165, 1.54) is 5.69 Å².